The number of carbonyl (C=O) groups excluding carboxylic acids is 1. The molecule has 0 saturated heterocycles. The summed E-state index contributed by atoms with van der Waals surface area (Å²) in [7, 11) is 0. The SMILES string of the molecule is C=CCNC(=O)c1ccn2c(C)nnc2c1. The molecule has 82 valence electrons. The first kappa shape index (κ1) is 10.4. The highest BCUT2D eigenvalue weighted by Gasteiger charge is 2.07. The number of hydrogen-bond acceptors (Lipinski definition) is 3. The monoisotopic (exact) mass is 216 g/mol. The van der Waals surface area contributed by atoms with E-state index in [-0.39, 0.29) is 5.91 Å². The summed E-state index contributed by atoms with van der Waals surface area (Å²) in [5.41, 5.74) is 1.24. The fourth-order valence-corrected chi connectivity index (χ4v) is 1.42. The van der Waals surface area contributed by atoms with Crippen molar-refractivity contribution in [2.24, 2.45) is 0 Å². The van der Waals surface area contributed by atoms with Crippen LogP contribution >= 0.6 is 0 Å². The molecule has 0 spiro atoms. The number of aromatic nitrogens is 3. The van der Waals surface area contributed by atoms with Crippen LogP contribution in [0.25, 0.3) is 5.65 Å². The van der Waals surface area contributed by atoms with Gasteiger partial charge in [-0.1, -0.05) is 6.08 Å². The zero-order valence-corrected chi connectivity index (χ0v) is 8.97. The van der Waals surface area contributed by atoms with E-state index >= 15 is 0 Å². The molecule has 1 N–H and O–H groups in total. The van der Waals surface area contributed by atoms with Crippen molar-refractivity contribution in [3.8, 4) is 0 Å². The molecule has 0 atom stereocenters. The van der Waals surface area contributed by atoms with Gasteiger partial charge in [-0.15, -0.1) is 16.8 Å². The Morgan fingerprint density at radius 3 is 3.19 bits per heavy atom. The Balaban J connectivity index is 2.32. The minimum atomic E-state index is -0.136. The van der Waals surface area contributed by atoms with Gasteiger partial charge in [-0.3, -0.25) is 9.20 Å². The minimum Gasteiger partial charge on any atom is -0.349 e. The first-order valence-electron chi connectivity index (χ1n) is 4.93. The zero-order chi connectivity index (χ0) is 11.5. The van der Waals surface area contributed by atoms with Crippen molar-refractivity contribution in [2.75, 3.05) is 6.54 Å². The highest BCUT2D eigenvalue weighted by Crippen LogP contribution is 2.06. The van der Waals surface area contributed by atoms with Gasteiger partial charge >= 0.3 is 0 Å². The Kier molecular flexibility index (Phi) is 2.68. The number of rotatable bonds is 3. The summed E-state index contributed by atoms with van der Waals surface area (Å²) in [6.07, 6.45) is 3.42. The molecule has 5 nitrogen and oxygen atoms in total. The van der Waals surface area contributed by atoms with Crippen LogP contribution in [0.15, 0.2) is 31.0 Å². The fraction of sp³-hybridized carbons (Fsp3) is 0.182. The van der Waals surface area contributed by atoms with Gasteiger partial charge in [0.1, 0.15) is 5.82 Å². The van der Waals surface area contributed by atoms with Crippen LogP contribution in [0.5, 0.6) is 0 Å². The van der Waals surface area contributed by atoms with E-state index in [1.807, 2.05) is 11.3 Å². The van der Waals surface area contributed by atoms with Gasteiger partial charge in [-0.2, -0.15) is 0 Å². The van der Waals surface area contributed by atoms with Gasteiger partial charge in [0.2, 0.25) is 0 Å². The van der Waals surface area contributed by atoms with Crippen LogP contribution in [0.3, 0.4) is 0 Å². The van der Waals surface area contributed by atoms with Crippen LogP contribution < -0.4 is 5.32 Å². The second-order valence-corrected chi connectivity index (χ2v) is 3.39. The van der Waals surface area contributed by atoms with Crippen LogP contribution in [0, 0.1) is 6.92 Å². The standard InChI is InChI=1S/C11H12N4O/c1-3-5-12-11(16)9-4-6-15-8(2)13-14-10(15)7-9/h3-4,6-7H,1,5H2,2H3,(H,12,16). The number of nitrogens with one attached hydrogen (secondary N) is 1. The summed E-state index contributed by atoms with van der Waals surface area (Å²) in [5, 5.41) is 10.6. The van der Waals surface area contributed by atoms with E-state index in [1.165, 1.54) is 0 Å². The summed E-state index contributed by atoms with van der Waals surface area (Å²) in [4.78, 5) is 11.6. The van der Waals surface area contributed by atoms with Crippen LogP contribution in [0.2, 0.25) is 0 Å². The summed E-state index contributed by atoms with van der Waals surface area (Å²) in [5.74, 6) is 0.663. The van der Waals surface area contributed by atoms with E-state index in [0.29, 0.717) is 17.8 Å². The van der Waals surface area contributed by atoms with E-state index in [1.54, 1.807) is 24.4 Å². The molecule has 0 saturated carbocycles. The molecular formula is C11H12N4O. The molecule has 1 amide bonds. The average Bonchev–Trinajstić information content (AvgIpc) is 2.67. The Morgan fingerprint density at radius 1 is 1.62 bits per heavy atom. The normalized spacial score (nSPS) is 10.3. The number of aryl methyl sites for hydroxylation is 1. The number of carbonyl (C=O) groups is 1. The van der Waals surface area contributed by atoms with Gasteiger partial charge in [-0.25, -0.2) is 0 Å². The van der Waals surface area contributed by atoms with Crippen molar-refractivity contribution in [1.29, 1.82) is 0 Å². The lowest BCUT2D eigenvalue weighted by molar-refractivity contribution is 0.0958. The molecule has 0 radical (unpaired) electrons. The number of hydrogen-bond donors (Lipinski definition) is 1. The molecule has 2 aromatic rings. The lowest BCUT2D eigenvalue weighted by Crippen LogP contribution is -2.23. The second kappa shape index (κ2) is 4.14. The third kappa shape index (κ3) is 1.79. The minimum absolute atomic E-state index is 0.136. The molecule has 0 aromatic carbocycles. The molecule has 2 rings (SSSR count). The number of nitrogens with zero attached hydrogens (tertiary/aromatic N) is 3. The molecule has 5 heteroatoms. The van der Waals surface area contributed by atoms with Crippen LogP contribution in [-0.2, 0) is 0 Å². The second-order valence-electron chi connectivity index (χ2n) is 3.39. The van der Waals surface area contributed by atoms with Crippen LogP contribution in [0.1, 0.15) is 16.2 Å². The molecule has 0 bridgehead atoms. The maximum Gasteiger partial charge on any atom is 0.251 e. The first-order chi connectivity index (χ1) is 7.72. The Hall–Kier alpha value is -2.17. The molecule has 2 heterocycles. The number of amides is 1. The zero-order valence-electron chi connectivity index (χ0n) is 8.97. The van der Waals surface area contributed by atoms with Gasteiger partial charge in [0.15, 0.2) is 5.65 Å². The predicted octanol–water partition coefficient (Wildman–Crippen LogP) is 0.954. The summed E-state index contributed by atoms with van der Waals surface area (Å²) in [6, 6.07) is 3.44. The van der Waals surface area contributed by atoms with E-state index in [0.717, 1.165) is 5.82 Å². The van der Waals surface area contributed by atoms with Crippen molar-refractivity contribution in [2.45, 2.75) is 6.92 Å². The van der Waals surface area contributed by atoms with Crippen molar-refractivity contribution >= 4 is 11.6 Å². The molecule has 0 aliphatic carbocycles. The third-order valence-corrected chi connectivity index (χ3v) is 2.25. The number of pyridine rings is 1. The van der Waals surface area contributed by atoms with Gasteiger partial charge in [-0.05, 0) is 19.1 Å². The van der Waals surface area contributed by atoms with E-state index < -0.39 is 0 Å². The van der Waals surface area contributed by atoms with Gasteiger partial charge in [0.25, 0.3) is 5.91 Å². The van der Waals surface area contributed by atoms with E-state index in [4.69, 9.17) is 0 Å². The van der Waals surface area contributed by atoms with Gasteiger partial charge in [0.05, 0.1) is 0 Å². The topological polar surface area (TPSA) is 59.3 Å². The molecular weight excluding hydrogens is 204 g/mol. The molecule has 16 heavy (non-hydrogen) atoms. The lowest BCUT2D eigenvalue weighted by Gasteiger charge is -2.02. The smallest absolute Gasteiger partial charge is 0.251 e. The average molecular weight is 216 g/mol. The third-order valence-electron chi connectivity index (χ3n) is 2.25. The largest absolute Gasteiger partial charge is 0.349 e. The van der Waals surface area contributed by atoms with E-state index in [2.05, 4.69) is 22.1 Å². The summed E-state index contributed by atoms with van der Waals surface area (Å²) in [6.45, 7) is 5.85. The maximum absolute atomic E-state index is 11.6. The predicted molar refractivity (Wildman–Crippen MR) is 60.3 cm³/mol. The lowest BCUT2D eigenvalue weighted by atomic mass is 10.2. The molecule has 0 aliphatic heterocycles. The molecule has 0 aliphatic rings. The van der Waals surface area contributed by atoms with Crippen LogP contribution in [-0.4, -0.2) is 27.0 Å². The molecule has 0 unspecified atom stereocenters. The van der Waals surface area contributed by atoms with Gasteiger partial charge < -0.3 is 5.32 Å². The summed E-state index contributed by atoms with van der Waals surface area (Å²) < 4.78 is 1.82. The van der Waals surface area contributed by atoms with Crippen molar-refractivity contribution in [3.05, 3.63) is 42.4 Å². The summed E-state index contributed by atoms with van der Waals surface area (Å²) >= 11 is 0. The van der Waals surface area contributed by atoms with Gasteiger partial charge in [0, 0.05) is 18.3 Å². The first-order valence-corrected chi connectivity index (χ1v) is 4.93. The van der Waals surface area contributed by atoms with E-state index in [9.17, 15) is 4.79 Å². The molecule has 0 fully saturated rings. The van der Waals surface area contributed by atoms with Crippen LogP contribution in [0.4, 0.5) is 0 Å². The van der Waals surface area contributed by atoms with Crippen molar-refractivity contribution in [3.63, 3.8) is 0 Å². The Labute approximate surface area is 92.8 Å². The number of fused-ring (bicyclic) bond motifs is 1. The van der Waals surface area contributed by atoms with Crippen molar-refractivity contribution in [1.82, 2.24) is 19.9 Å². The highest BCUT2D eigenvalue weighted by atomic mass is 16.1. The van der Waals surface area contributed by atoms with Crippen molar-refractivity contribution < 1.29 is 4.79 Å². The Morgan fingerprint density at radius 2 is 2.44 bits per heavy atom. The highest BCUT2D eigenvalue weighted by molar-refractivity contribution is 5.95. The Bertz CT molecular complexity index is 544. The molecule has 2 aromatic heterocycles. The maximum atomic E-state index is 11.6. The fourth-order valence-electron chi connectivity index (χ4n) is 1.42. The quantitative estimate of drug-likeness (QED) is 0.777.